The Morgan fingerprint density at radius 2 is 0.850 bits per heavy atom. The fourth-order valence-corrected chi connectivity index (χ4v) is 5.39. The van der Waals surface area contributed by atoms with Gasteiger partial charge < -0.3 is 18.9 Å². The summed E-state index contributed by atoms with van der Waals surface area (Å²) >= 11 is 0. The van der Waals surface area contributed by atoms with Crippen LogP contribution in [-0.2, 0) is 25.7 Å². The fourth-order valence-electron chi connectivity index (χ4n) is 5.39. The van der Waals surface area contributed by atoms with Gasteiger partial charge in [-0.15, -0.1) is 13.2 Å². The van der Waals surface area contributed by atoms with Crippen LogP contribution in [0.1, 0.15) is 77.6 Å². The summed E-state index contributed by atoms with van der Waals surface area (Å²) in [5.41, 5.74) is 3.67. The van der Waals surface area contributed by atoms with E-state index in [4.69, 9.17) is 0 Å². The van der Waals surface area contributed by atoms with Gasteiger partial charge in [-0.1, -0.05) is 97.9 Å². The van der Waals surface area contributed by atoms with Gasteiger partial charge in [0.25, 0.3) is 0 Å². The molecule has 0 radical (unpaired) electrons. The van der Waals surface area contributed by atoms with Crippen LogP contribution in [0.25, 0.3) is 0 Å². The van der Waals surface area contributed by atoms with E-state index in [1.54, 1.807) is 42.5 Å². The number of halogens is 11. The molecule has 0 heterocycles. The molecule has 60 heavy (non-hydrogen) atoms. The maximum Gasteiger partial charge on any atom is 0.573 e. The summed E-state index contributed by atoms with van der Waals surface area (Å²) in [6.45, 7) is 9.33. The molecule has 4 rings (SSSR count). The van der Waals surface area contributed by atoms with Gasteiger partial charge in [-0.3, -0.25) is 0 Å². The second kappa shape index (κ2) is 26.5. The monoisotopic (exact) mass is 868 g/mol. The van der Waals surface area contributed by atoms with Gasteiger partial charge >= 0.3 is 25.8 Å². The fraction of sp³-hybridized carbons (Fsp3) is 0.467. The second-order valence-corrected chi connectivity index (χ2v) is 15.3. The molecule has 4 aromatic rings. The summed E-state index contributed by atoms with van der Waals surface area (Å²) in [7, 11) is 0. The second-order valence-electron chi connectivity index (χ2n) is 15.3. The lowest BCUT2D eigenvalue weighted by Gasteiger charge is -2.11. The summed E-state index contributed by atoms with van der Waals surface area (Å²) < 4.78 is 149. The molecule has 0 saturated heterocycles. The van der Waals surface area contributed by atoms with E-state index in [0.717, 1.165) is 47.6 Å². The highest BCUT2D eigenvalue weighted by molar-refractivity contribution is 5.32. The number of rotatable bonds is 15. The number of hydrogen-bond donors (Lipinski definition) is 0. The van der Waals surface area contributed by atoms with Crippen molar-refractivity contribution in [2.75, 3.05) is 6.61 Å². The van der Waals surface area contributed by atoms with Crippen LogP contribution in [-0.4, -0.2) is 32.4 Å². The number of benzene rings is 4. The van der Waals surface area contributed by atoms with Crippen LogP contribution in [0, 0.1) is 29.5 Å². The highest BCUT2D eigenvalue weighted by Crippen LogP contribution is 2.25. The molecule has 0 bridgehead atoms. The molecule has 336 valence electrons. The van der Waals surface area contributed by atoms with Crippen molar-refractivity contribution in [2.24, 2.45) is 23.7 Å². The van der Waals surface area contributed by atoms with Gasteiger partial charge in [0.05, 0.1) is 0 Å². The molecule has 4 aromatic carbocycles. The average molecular weight is 869 g/mol. The molecule has 0 aliphatic carbocycles. The van der Waals surface area contributed by atoms with E-state index < -0.39 is 38.2 Å². The molecular formula is C45H55F11O4. The van der Waals surface area contributed by atoms with Crippen LogP contribution in [0.5, 0.6) is 23.0 Å². The summed E-state index contributed by atoms with van der Waals surface area (Å²) in [4.78, 5) is 0. The lowest BCUT2D eigenvalue weighted by molar-refractivity contribution is -0.274. The molecule has 0 unspecified atom stereocenters. The van der Waals surface area contributed by atoms with Crippen molar-refractivity contribution < 1.29 is 67.2 Å². The van der Waals surface area contributed by atoms with Crippen molar-refractivity contribution in [1.82, 2.24) is 0 Å². The van der Waals surface area contributed by atoms with Crippen LogP contribution >= 0.6 is 0 Å². The summed E-state index contributed by atoms with van der Waals surface area (Å²) in [6, 6.07) is 23.8. The zero-order chi connectivity index (χ0) is 45.6. The average Bonchev–Trinajstić information content (AvgIpc) is 3.08. The molecule has 0 spiro atoms. The van der Waals surface area contributed by atoms with E-state index >= 15 is 0 Å². The molecule has 0 saturated carbocycles. The van der Waals surface area contributed by atoms with E-state index in [1.807, 2.05) is 39.8 Å². The Balaban J connectivity index is 0.000000400. The SMILES string of the molecule is CC(C)Cc1ccc(F)c(OC(F)F)c1.CC(C)Cc1cccc(OC(F)(F)F)c1.CC(C)Cc1cccc(OC(F)F)c1.CC(C)Cc1cccc(OCC(F)(F)F)c1. The molecule has 4 nitrogen and oxygen atoms in total. The Hall–Kier alpha value is -4.69. The molecule has 0 atom stereocenters. The number of hydrogen-bond acceptors (Lipinski definition) is 4. The predicted molar refractivity (Wildman–Crippen MR) is 211 cm³/mol. The third-order valence-electron chi connectivity index (χ3n) is 7.34. The van der Waals surface area contributed by atoms with E-state index in [1.165, 1.54) is 30.3 Å². The lowest BCUT2D eigenvalue weighted by Crippen LogP contribution is -2.19. The third-order valence-corrected chi connectivity index (χ3v) is 7.34. The Labute approximate surface area is 346 Å². The van der Waals surface area contributed by atoms with Gasteiger partial charge in [-0.05, 0) is 120 Å². The molecular weight excluding hydrogens is 813 g/mol. The molecule has 0 fully saturated rings. The van der Waals surface area contributed by atoms with Gasteiger partial charge in [0.2, 0.25) is 0 Å². The topological polar surface area (TPSA) is 36.9 Å². The molecule has 0 N–H and O–H groups in total. The van der Waals surface area contributed by atoms with Crippen molar-refractivity contribution >= 4 is 0 Å². The van der Waals surface area contributed by atoms with Crippen LogP contribution in [0.3, 0.4) is 0 Å². The number of ether oxygens (including phenoxy) is 4. The molecule has 0 aliphatic heterocycles. The minimum absolute atomic E-state index is 0.152. The standard InChI is InChI=1S/C12H15F3O.2C11H13F3O.C11H14F2O/c1-9(2)6-10-4-3-5-11(7-10)16-8-12(13,14)15;1-7(2)5-8-3-4-9(12)10(6-8)15-11(13)14;1-8(2)6-9-4-3-5-10(7-9)15-11(12,13)14;1-8(2)6-9-4-3-5-10(7-9)14-11(12)13/h3-5,7,9H,6,8H2,1-2H3;3-4,6-7,11H,5H2,1-2H3;3-5,7-8H,6H2,1-2H3;3-5,7-8,11H,6H2,1-2H3. The molecule has 0 aliphatic rings. The van der Waals surface area contributed by atoms with Crippen LogP contribution in [0.4, 0.5) is 48.3 Å². The maximum atomic E-state index is 13.0. The third kappa shape index (κ3) is 27.1. The van der Waals surface area contributed by atoms with E-state index in [2.05, 4.69) is 46.6 Å². The predicted octanol–water partition coefficient (Wildman–Crippen LogP) is 14.7. The Kier molecular flexibility index (Phi) is 23.6. The maximum absolute atomic E-state index is 13.0. The highest BCUT2D eigenvalue weighted by atomic mass is 19.4. The molecule has 0 aromatic heterocycles. The van der Waals surface area contributed by atoms with Crippen molar-refractivity contribution in [1.29, 1.82) is 0 Å². The zero-order valence-electron chi connectivity index (χ0n) is 35.0. The highest BCUT2D eigenvalue weighted by Gasteiger charge is 2.31. The lowest BCUT2D eigenvalue weighted by atomic mass is 10.0. The van der Waals surface area contributed by atoms with E-state index in [9.17, 15) is 48.3 Å². The first kappa shape index (κ1) is 53.3. The first-order valence-electron chi connectivity index (χ1n) is 19.2. The van der Waals surface area contributed by atoms with Gasteiger partial charge in [0.15, 0.2) is 18.2 Å². The first-order valence-corrected chi connectivity index (χ1v) is 19.2. The largest absolute Gasteiger partial charge is 0.573 e. The van der Waals surface area contributed by atoms with Crippen LogP contribution in [0.15, 0.2) is 91.0 Å². The van der Waals surface area contributed by atoms with Crippen molar-refractivity contribution in [2.45, 2.75) is 107 Å². The minimum Gasteiger partial charge on any atom is -0.484 e. The quantitative estimate of drug-likeness (QED) is 0.112. The van der Waals surface area contributed by atoms with Crippen LogP contribution in [0.2, 0.25) is 0 Å². The first-order chi connectivity index (χ1) is 27.8. The Morgan fingerprint density at radius 3 is 1.25 bits per heavy atom. The summed E-state index contributed by atoms with van der Waals surface area (Å²) in [6.07, 6.45) is -5.73. The summed E-state index contributed by atoms with van der Waals surface area (Å²) in [5, 5.41) is 0. The van der Waals surface area contributed by atoms with Crippen molar-refractivity contribution in [3.63, 3.8) is 0 Å². The zero-order valence-corrected chi connectivity index (χ0v) is 35.0. The van der Waals surface area contributed by atoms with Crippen molar-refractivity contribution in [3.05, 3.63) is 119 Å². The number of alkyl halides is 10. The summed E-state index contributed by atoms with van der Waals surface area (Å²) in [5.74, 6) is 0.982. The normalized spacial score (nSPS) is 11.5. The van der Waals surface area contributed by atoms with Gasteiger partial charge in [-0.25, -0.2) is 4.39 Å². The molecule has 15 heteroatoms. The Morgan fingerprint density at radius 1 is 0.467 bits per heavy atom. The minimum atomic E-state index is -4.61. The Bertz CT molecular complexity index is 1750. The van der Waals surface area contributed by atoms with Crippen molar-refractivity contribution in [3.8, 4) is 23.0 Å². The smallest absolute Gasteiger partial charge is 0.484 e. The molecule has 0 amide bonds. The van der Waals surface area contributed by atoms with Gasteiger partial charge in [-0.2, -0.15) is 30.7 Å². The van der Waals surface area contributed by atoms with Gasteiger partial charge in [0, 0.05) is 0 Å². The van der Waals surface area contributed by atoms with E-state index in [-0.39, 0.29) is 23.0 Å². The van der Waals surface area contributed by atoms with E-state index in [0.29, 0.717) is 30.1 Å². The van der Waals surface area contributed by atoms with Crippen LogP contribution < -0.4 is 18.9 Å². The van der Waals surface area contributed by atoms with Gasteiger partial charge in [0.1, 0.15) is 17.2 Å².